The molecule has 1 aromatic heterocycles. The largest absolute Gasteiger partial charge is 0.493 e. The van der Waals surface area contributed by atoms with Crippen LogP contribution in [0, 0.1) is 18.2 Å². The third kappa shape index (κ3) is 7.60. The number of halogens is 1. The van der Waals surface area contributed by atoms with Gasteiger partial charge in [-0.2, -0.15) is 0 Å². The number of hydrogen-bond acceptors (Lipinski definition) is 4. The maximum atomic E-state index is 13.2. The van der Waals surface area contributed by atoms with Crippen molar-refractivity contribution in [3.05, 3.63) is 76.9 Å². The summed E-state index contributed by atoms with van der Waals surface area (Å²) in [5, 5.41) is 0. The number of piperidine rings is 1. The van der Waals surface area contributed by atoms with Crippen LogP contribution in [-0.4, -0.2) is 50.2 Å². The summed E-state index contributed by atoms with van der Waals surface area (Å²) < 4.78 is 19.3. The Balaban J connectivity index is 1.63. The minimum Gasteiger partial charge on any atom is -0.493 e. The highest BCUT2D eigenvalue weighted by Crippen LogP contribution is 2.42. The highest BCUT2D eigenvalue weighted by atomic mass is 19.1. The van der Waals surface area contributed by atoms with Crippen LogP contribution in [0.2, 0.25) is 0 Å². The van der Waals surface area contributed by atoms with Gasteiger partial charge in [0.25, 0.3) is 0 Å². The average molecular weight is 532 g/mol. The van der Waals surface area contributed by atoms with Gasteiger partial charge in [-0.25, -0.2) is 4.39 Å². The van der Waals surface area contributed by atoms with Crippen molar-refractivity contribution < 1.29 is 9.13 Å². The first kappa shape index (κ1) is 29.1. The first-order chi connectivity index (χ1) is 18.7. The van der Waals surface area contributed by atoms with E-state index in [1.807, 2.05) is 12.1 Å². The molecule has 5 heteroatoms. The molecule has 4 rings (SSSR count). The molecule has 4 nitrogen and oxygen atoms in total. The van der Waals surface area contributed by atoms with Crippen LogP contribution in [0.1, 0.15) is 62.5 Å². The summed E-state index contributed by atoms with van der Waals surface area (Å²) in [6, 6.07) is 15.2. The molecule has 2 aromatic carbocycles. The van der Waals surface area contributed by atoms with E-state index in [1.54, 1.807) is 0 Å². The molecule has 3 aromatic rings. The highest BCUT2D eigenvalue weighted by molar-refractivity contribution is 5.84. The van der Waals surface area contributed by atoms with Gasteiger partial charge < -0.3 is 14.5 Å². The number of rotatable bonds is 11. The number of hydrogen-bond donors (Lipinski definition) is 0. The Bertz CT molecular complexity index is 1210. The Morgan fingerprint density at radius 2 is 1.64 bits per heavy atom. The van der Waals surface area contributed by atoms with Crippen molar-refractivity contribution in [2.45, 2.75) is 66.2 Å². The fourth-order valence-electron chi connectivity index (χ4n) is 5.60. The molecule has 1 fully saturated rings. The Morgan fingerprint density at radius 1 is 0.974 bits per heavy atom. The summed E-state index contributed by atoms with van der Waals surface area (Å²) >= 11 is 0. The zero-order chi connectivity index (χ0) is 28.0. The van der Waals surface area contributed by atoms with E-state index in [4.69, 9.17) is 9.72 Å². The molecule has 0 radical (unpaired) electrons. The number of anilines is 1. The maximum Gasteiger partial charge on any atom is 0.123 e. The van der Waals surface area contributed by atoms with Crippen molar-refractivity contribution in [3.8, 4) is 16.9 Å². The summed E-state index contributed by atoms with van der Waals surface area (Å²) in [6.07, 6.45) is 6.16. The van der Waals surface area contributed by atoms with E-state index in [1.165, 1.54) is 58.7 Å². The average Bonchev–Trinajstić information content (AvgIpc) is 2.90. The summed E-state index contributed by atoms with van der Waals surface area (Å²) in [4.78, 5) is 10.1. The van der Waals surface area contributed by atoms with E-state index in [9.17, 15) is 4.39 Å². The minimum absolute atomic E-state index is 0.208. The van der Waals surface area contributed by atoms with Gasteiger partial charge >= 0.3 is 0 Å². The zero-order valence-corrected chi connectivity index (χ0v) is 24.8. The van der Waals surface area contributed by atoms with Crippen LogP contribution in [0.3, 0.4) is 0 Å². The van der Waals surface area contributed by atoms with Crippen molar-refractivity contribution in [1.82, 2.24) is 9.88 Å². The molecule has 210 valence electrons. The van der Waals surface area contributed by atoms with Crippen LogP contribution in [0.25, 0.3) is 11.1 Å². The first-order valence-electron chi connectivity index (χ1n) is 14.6. The van der Waals surface area contributed by atoms with Crippen molar-refractivity contribution in [2.75, 3.05) is 45.2 Å². The van der Waals surface area contributed by atoms with E-state index < -0.39 is 0 Å². The Morgan fingerprint density at radius 3 is 2.26 bits per heavy atom. The van der Waals surface area contributed by atoms with Gasteiger partial charge in [0.15, 0.2) is 0 Å². The van der Waals surface area contributed by atoms with Gasteiger partial charge in [-0.1, -0.05) is 45.0 Å². The maximum absolute atomic E-state index is 13.2. The summed E-state index contributed by atoms with van der Waals surface area (Å²) in [5.74, 6) is 0.646. The monoisotopic (exact) mass is 531 g/mol. The highest BCUT2D eigenvalue weighted by Gasteiger charge is 2.29. The van der Waals surface area contributed by atoms with E-state index in [0.29, 0.717) is 12.0 Å². The van der Waals surface area contributed by atoms with Gasteiger partial charge in [0.05, 0.1) is 18.0 Å². The number of ether oxygens (including phenoxy) is 1. The van der Waals surface area contributed by atoms with Crippen LogP contribution in [-0.2, 0) is 19.3 Å². The number of aromatic nitrogens is 1. The third-order valence-electron chi connectivity index (χ3n) is 8.07. The molecule has 0 saturated carbocycles. The van der Waals surface area contributed by atoms with Crippen LogP contribution in [0.4, 0.5) is 10.1 Å². The lowest BCUT2D eigenvalue weighted by Crippen LogP contribution is -2.38. The van der Waals surface area contributed by atoms with E-state index >= 15 is 0 Å². The molecular formula is C34H46FN3O. The van der Waals surface area contributed by atoms with Crippen molar-refractivity contribution in [3.63, 3.8) is 0 Å². The second-order valence-corrected chi connectivity index (χ2v) is 12.0. The molecule has 0 spiro atoms. The summed E-state index contributed by atoms with van der Waals surface area (Å²) in [6.45, 7) is 13.0. The van der Waals surface area contributed by atoms with Crippen molar-refractivity contribution in [2.24, 2.45) is 5.41 Å². The first-order valence-corrected chi connectivity index (χ1v) is 14.6. The molecule has 0 aliphatic carbocycles. The van der Waals surface area contributed by atoms with Gasteiger partial charge in [0, 0.05) is 30.8 Å². The lowest BCUT2D eigenvalue weighted by molar-refractivity contribution is 0.279. The molecule has 0 bridgehead atoms. The lowest BCUT2D eigenvalue weighted by Gasteiger charge is -2.40. The molecule has 2 heterocycles. The van der Waals surface area contributed by atoms with Gasteiger partial charge in [0.1, 0.15) is 11.6 Å². The van der Waals surface area contributed by atoms with Crippen LogP contribution >= 0.6 is 0 Å². The number of pyridine rings is 1. The Hall–Kier alpha value is -2.92. The second-order valence-electron chi connectivity index (χ2n) is 12.0. The quantitative estimate of drug-likeness (QED) is 0.256. The Kier molecular flexibility index (Phi) is 9.66. The topological polar surface area (TPSA) is 28.6 Å². The summed E-state index contributed by atoms with van der Waals surface area (Å²) in [5.41, 5.74) is 9.12. The fraction of sp³-hybridized carbons (Fsp3) is 0.500. The van der Waals surface area contributed by atoms with Gasteiger partial charge in [-0.3, -0.25) is 4.98 Å². The third-order valence-corrected chi connectivity index (χ3v) is 8.07. The molecule has 0 unspecified atom stereocenters. The predicted octanol–water partition coefficient (Wildman–Crippen LogP) is 7.50. The zero-order valence-electron chi connectivity index (χ0n) is 24.8. The molecule has 1 aliphatic rings. The molecule has 1 aliphatic heterocycles. The fourth-order valence-corrected chi connectivity index (χ4v) is 5.60. The SMILES string of the molecule is CCc1c(C)nc(CCCN(C)C)c(-c2ccc(OCCc3ccc(F)cc3)cc2)c1N1CCC(C)(C)CC1. The number of benzene rings is 2. The molecule has 0 N–H and O–H groups in total. The smallest absolute Gasteiger partial charge is 0.123 e. The van der Waals surface area contributed by atoms with Crippen LogP contribution in [0.5, 0.6) is 5.75 Å². The molecule has 1 saturated heterocycles. The Labute approximate surface area is 235 Å². The van der Waals surface area contributed by atoms with Crippen LogP contribution < -0.4 is 9.64 Å². The van der Waals surface area contributed by atoms with Crippen molar-refractivity contribution >= 4 is 5.69 Å². The van der Waals surface area contributed by atoms with Gasteiger partial charge in [-0.15, -0.1) is 0 Å². The molecule has 0 amide bonds. The van der Waals surface area contributed by atoms with Gasteiger partial charge in [0.2, 0.25) is 0 Å². The molecule has 39 heavy (non-hydrogen) atoms. The van der Waals surface area contributed by atoms with Crippen LogP contribution in [0.15, 0.2) is 48.5 Å². The molecular weight excluding hydrogens is 485 g/mol. The van der Waals surface area contributed by atoms with E-state index in [-0.39, 0.29) is 5.82 Å². The minimum atomic E-state index is -0.208. The summed E-state index contributed by atoms with van der Waals surface area (Å²) in [7, 11) is 4.27. The molecule has 0 atom stereocenters. The predicted molar refractivity (Wildman–Crippen MR) is 161 cm³/mol. The number of nitrogens with zero attached hydrogens (tertiary/aromatic N) is 3. The second kappa shape index (κ2) is 13.0. The van der Waals surface area contributed by atoms with E-state index in [2.05, 4.69) is 75.9 Å². The van der Waals surface area contributed by atoms with Crippen molar-refractivity contribution in [1.29, 1.82) is 0 Å². The number of aryl methyl sites for hydroxylation is 2. The van der Waals surface area contributed by atoms with E-state index in [0.717, 1.165) is 56.6 Å². The standard InChI is InChI=1S/C34H46FN3O/c1-7-30-25(2)36-31(9-8-21-37(5)6)32(33(30)38-22-19-34(3,4)20-23-38)27-12-16-29(17-13-27)39-24-18-26-10-14-28(35)15-11-26/h10-17H,7-9,18-24H2,1-6H3. The lowest BCUT2D eigenvalue weighted by atomic mass is 9.82. The van der Waals surface area contributed by atoms with Gasteiger partial charge in [-0.05, 0) is 106 Å². The normalized spacial score (nSPS) is 15.1.